The minimum atomic E-state index is -0.944. The van der Waals surface area contributed by atoms with Gasteiger partial charge >= 0.3 is 5.97 Å². The number of fused-ring (bicyclic) bond motifs is 1. The SMILES string of the molecule is COC(=O)C[C@@H](c1ccc(OCc2ccccn2)cc1)c1c(O)c(C(C)=O)cc([C@@H]2OCc3cnc(C)c(O)c32)c1O. The van der Waals surface area contributed by atoms with Crippen LogP contribution in [0.1, 0.15) is 74.9 Å². The Bertz CT molecular complexity index is 1640. The van der Waals surface area contributed by atoms with Gasteiger partial charge in [-0.05, 0) is 49.7 Å². The number of methoxy groups -OCH3 is 1. The molecule has 0 unspecified atom stereocenters. The number of nitrogens with zero attached hydrogens (tertiary/aromatic N) is 2. The third-order valence-electron chi connectivity index (χ3n) is 7.37. The molecule has 3 heterocycles. The number of esters is 1. The number of aryl methyl sites for hydroxylation is 1. The lowest BCUT2D eigenvalue weighted by Gasteiger charge is -2.24. The molecule has 1 aliphatic rings. The number of hydrogen-bond donors (Lipinski definition) is 3. The summed E-state index contributed by atoms with van der Waals surface area (Å²) in [5, 5.41) is 33.8. The van der Waals surface area contributed by atoms with E-state index in [0.717, 1.165) is 5.69 Å². The van der Waals surface area contributed by atoms with Crippen LogP contribution in [-0.2, 0) is 27.5 Å². The second kappa shape index (κ2) is 11.9. The van der Waals surface area contributed by atoms with E-state index in [1.165, 1.54) is 20.1 Å². The molecule has 0 radical (unpaired) electrons. The normalized spacial score (nSPS) is 14.7. The highest BCUT2D eigenvalue weighted by Gasteiger charge is 2.36. The van der Waals surface area contributed by atoms with Crippen molar-refractivity contribution in [2.75, 3.05) is 7.11 Å². The molecule has 2 aromatic heterocycles. The van der Waals surface area contributed by atoms with Crippen LogP contribution in [0.3, 0.4) is 0 Å². The first-order valence-electron chi connectivity index (χ1n) is 13.3. The van der Waals surface area contributed by atoms with Crippen molar-refractivity contribution in [1.29, 1.82) is 0 Å². The number of phenolic OH excluding ortho intramolecular Hbond substituents is 2. The molecular weight excluding hydrogens is 540 g/mol. The van der Waals surface area contributed by atoms with E-state index in [2.05, 4.69) is 9.97 Å². The zero-order valence-corrected chi connectivity index (χ0v) is 23.3. The molecule has 0 saturated heterocycles. The van der Waals surface area contributed by atoms with Gasteiger partial charge in [0.2, 0.25) is 0 Å². The molecule has 0 spiro atoms. The van der Waals surface area contributed by atoms with Crippen molar-refractivity contribution < 1.29 is 39.1 Å². The van der Waals surface area contributed by atoms with E-state index in [9.17, 15) is 24.9 Å². The topological polar surface area (TPSA) is 148 Å². The van der Waals surface area contributed by atoms with Gasteiger partial charge in [0.15, 0.2) is 5.78 Å². The first kappa shape index (κ1) is 28.6. The van der Waals surface area contributed by atoms with Gasteiger partial charge in [0.05, 0.1) is 37.1 Å². The Morgan fingerprint density at radius 3 is 2.48 bits per heavy atom. The summed E-state index contributed by atoms with van der Waals surface area (Å²) in [6, 6.07) is 13.7. The summed E-state index contributed by atoms with van der Waals surface area (Å²) in [5.74, 6) is -2.32. The fraction of sp³-hybridized carbons (Fsp3) is 0.250. The second-order valence-corrected chi connectivity index (χ2v) is 10.0. The molecule has 1 aliphatic heterocycles. The predicted octanol–water partition coefficient (Wildman–Crippen LogP) is 5.00. The highest BCUT2D eigenvalue weighted by molar-refractivity contribution is 5.98. The molecule has 10 heteroatoms. The fourth-order valence-electron chi connectivity index (χ4n) is 5.14. The summed E-state index contributed by atoms with van der Waals surface area (Å²) in [6.07, 6.45) is 2.08. The van der Waals surface area contributed by atoms with Crippen LogP contribution in [0.2, 0.25) is 0 Å². The molecule has 0 amide bonds. The Kier molecular flexibility index (Phi) is 8.08. The Labute approximate surface area is 242 Å². The van der Waals surface area contributed by atoms with Crippen LogP contribution in [0.5, 0.6) is 23.0 Å². The molecule has 2 atom stereocenters. The number of pyridine rings is 2. The average molecular weight is 571 g/mol. The first-order valence-corrected chi connectivity index (χ1v) is 13.3. The molecule has 5 rings (SSSR count). The number of phenols is 2. The van der Waals surface area contributed by atoms with Gasteiger partial charge < -0.3 is 29.5 Å². The number of benzene rings is 2. The van der Waals surface area contributed by atoms with E-state index in [1.807, 2.05) is 18.2 Å². The molecule has 3 N–H and O–H groups in total. The van der Waals surface area contributed by atoms with Crippen LogP contribution in [0, 0.1) is 6.92 Å². The number of carbonyl (C=O) groups excluding carboxylic acids is 2. The van der Waals surface area contributed by atoms with Gasteiger partial charge in [-0.15, -0.1) is 0 Å². The van der Waals surface area contributed by atoms with Crippen molar-refractivity contribution in [3.8, 4) is 23.0 Å². The standard InChI is InChI=1S/C32H30N2O8/c1-17-29(37)27-20(14-34-17)15-42-32(27)25-12-23(18(2)35)30(38)28(31(25)39)24(13-26(36)40-3)19-7-9-22(10-8-19)41-16-21-6-4-5-11-33-21/h4-12,14,24,32,37-39H,13,15-16H2,1-3H3/t24-,32-/m0/s1. The predicted molar refractivity (Wildman–Crippen MR) is 151 cm³/mol. The van der Waals surface area contributed by atoms with E-state index in [4.69, 9.17) is 14.2 Å². The van der Waals surface area contributed by atoms with Crippen molar-refractivity contribution in [1.82, 2.24) is 9.97 Å². The number of ketones is 1. The third-order valence-corrected chi connectivity index (χ3v) is 7.37. The maximum Gasteiger partial charge on any atom is 0.306 e. The zero-order chi connectivity index (χ0) is 30.0. The maximum absolute atomic E-state index is 12.7. The summed E-state index contributed by atoms with van der Waals surface area (Å²) >= 11 is 0. The number of aromatic nitrogens is 2. The summed E-state index contributed by atoms with van der Waals surface area (Å²) in [5.41, 5.74) is 2.80. The van der Waals surface area contributed by atoms with Gasteiger partial charge in [-0.3, -0.25) is 19.6 Å². The average Bonchev–Trinajstić information content (AvgIpc) is 3.42. The Morgan fingerprint density at radius 1 is 1.05 bits per heavy atom. The van der Waals surface area contributed by atoms with E-state index in [-0.39, 0.29) is 47.8 Å². The van der Waals surface area contributed by atoms with Crippen LogP contribution in [0.15, 0.2) is 60.9 Å². The van der Waals surface area contributed by atoms with Gasteiger partial charge in [-0.1, -0.05) is 18.2 Å². The minimum Gasteiger partial charge on any atom is -0.507 e. The van der Waals surface area contributed by atoms with Gasteiger partial charge in [0.1, 0.15) is 35.7 Å². The Hall–Kier alpha value is -4.96. The number of Topliss-reactive ketones (excluding diaryl/α,β-unsaturated/α-hetero) is 1. The summed E-state index contributed by atoms with van der Waals surface area (Å²) < 4.78 is 16.7. The number of aromatic hydroxyl groups is 3. The van der Waals surface area contributed by atoms with Crippen molar-refractivity contribution >= 4 is 11.8 Å². The highest BCUT2D eigenvalue weighted by Crippen LogP contribution is 2.50. The molecule has 4 aromatic rings. The van der Waals surface area contributed by atoms with Gasteiger partial charge in [-0.2, -0.15) is 0 Å². The molecule has 10 nitrogen and oxygen atoms in total. The van der Waals surface area contributed by atoms with Gasteiger partial charge in [0.25, 0.3) is 0 Å². The monoisotopic (exact) mass is 570 g/mol. The molecule has 0 bridgehead atoms. The Morgan fingerprint density at radius 2 is 1.81 bits per heavy atom. The van der Waals surface area contributed by atoms with E-state index < -0.39 is 29.5 Å². The third kappa shape index (κ3) is 5.48. The molecule has 216 valence electrons. The van der Waals surface area contributed by atoms with Crippen molar-refractivity contribution in [3.05, 3.63) is 106 Å². The molecule has 42 heavy (non-hydrogen) atoms. The minimum absolute atomic E-state index is 0.0347. The highest BCUT2D eigenvalue weighted by atomic mass is 16.5. The van der Waals surface area contributed by atoms with E-state index in [1.54, 1.807) is 43.6 Å². The summed E-state index contributed by atoms with van der Waals surface area (Å²) in [6.45, 7) is 3.31. The van der Waals surface area contributed by atoms with Crippen LogP contribution in [0.4, 0.5) is 0 Å². The Balaban J connectivity index is 1.59. The molecular formula is C32H30N2O8. The lowest BCUT2D eigenvalue weighted by molar-refractivity contribution is -0.140. The molecule has 2 aromatic carbocycles. The summed E-state index contributed by atoms with van der Waals surface area (Å²) in [7, 11) is 1.24. The van der Waals surface area contributed by atoms with Crippen molar-refractivity contribution in [3.63, 3.8) is 0 Å². The second-order valence-electron chi connectivity index (χ2n) is 10.0. The molecule has 0 aliphatic carbocycles. The molecule has 0 fully saturated rings. The van der Waals surface area contributed by atoms with Crippen LogP contribution < -0.4 is 4.74 Å². The van der Waals surface area contributed by atoms with Crippen LogP contribution >= 0.6 is 0 Å². The first-order chi connectivity index (χ1) is 20.2. The van der Waals surface area contributed by atoms with Crippen molar-refractivity contribution in [2.45, 2.75) is 45.5 Å². The summed E-state index contributed by atoms with van der Waals surface area (Å²) in [4.78, 5) is 33.7. The smallest absolute Gasteiger partial charge is 0.306 e. The van der Waals surface area contributed by atoms with Gasteiger partial charge in [0, 0.05) is 40.6 Å². The fourth-order valence-corrected chi connectivity index (χ4v) is 5.14. The van der Waals surface area contributed by atoms with Crippen molar-refractivity contribution in [2.24, 2.45) is 0 Å². The van der Waals surface area contributed by atoms with E-state index >= 15 is 0 Å². The van der Waals surface area contributed by atoms with Crippen LogP contribution in [0.25, 0.3) is 0 Å². The largest absolute Gasteiger partial charge is 0.507 e. The van der Waals surface area contributed by atoms with Gasteiger partial charge in [-0.25, -0.2) is 0 Å². The number of rotatable bonds is 9. The zero-order valence-electron chi connectivity index (χ0n) is 23.3. The maximum atomic E-state index is 12.7. The number of carbonyl (C=O) groups is 2. The lowest BCUT2D eigenvalue weighted by Crippen LogP contribution is -2.13. The van der Waals surface area contributed by atoms with Crippen LogP contribution in [-0.4, -0.2) is 44.1 Å². The van der Waals surface area contributed by atoms with E-state index in [0.29, 0.717) is 28.1 Å². The number of ether oxygens (including phenoxy) is 3. The number of hydrogen-bond acceptors (Lipinski definition) is 10. The lowest BCUT2D eigenvalue weighted by atomic mass is 9.83. The molecule has 0 saturated carbocycles. The quantitative estimate of drug-likeness (QED) is 0.185.